The molecule has 0 atom stereocenters. The Morgan fingerprint density at radius 3 is 2.73 bits per heavy atom. The number of carboxylic acid groups (broad SMARTS) is 1. The van der Waals surface area contributed by atoms with Crippen molar-refractivity contribution >= 4 is 33.6 Å². The zero-order valence-electron chi connectivity index (χ0n) is 14.5. The number of nitrogen functional groups attached to an aromatic ring is 1. The molecule has 0 amide bonds. The third-order valence-electron chi connectivity index (χ3n) is 4.62. The summed E-state index contributed by atoms with van der Waals surface area (Å²) >= 11 is 0. The number of carbonyl (C=O) groups is 1. The van der Waals surface area contributed by atoms with Gasteiger partial charge >= 0.3 is 5.97 Å². The highest BCUT2D eigenvalue weighted by Crippen LogP contribution is 2.35. The maximum Gasteiger partial charge on any atom is 0.336 e. The second-order valence-corrected chi connectivity index (χ2v) is 6.55. The lowest BCUT2D eigenvalue weighted by molar-refractivity contribution is 0.0699. The molecule has 2 heterocycles. The quantitative estimate of drug-likeness (QED) is 0.582. The Hall–Kier alpha value is -3.41. The molecule has 4 rings (SSSR count). The number of benzene rings is 2. The first-order valence-electron chi connectivity index (χ1n) is 8.35. The summed E-state index contributed by atoms with van der Waals surface area (Å²) < 4.78 is 2.07. The number of fused-ring (bicyclic) bond motifs is 2. The molecule has 0 spiro atoms. The van der Waals surface area contributed by atoms with E-state index in [0.29, 0.717) is 16.8 Å². The van der Waals surface area contributed by atoms with E-state index in [1.165, 1.54) is 6.33 Å². The lowest BCUT2D eigenvalue weighted by Crippen LogP contribution is -2.00. The molecule has 6 heteroatoms. The number of carboxylic acids is 1. The van der Waals surface area contributed by atoms with Crippen molar-refractivity contribution in [2.45, 2.75) is 19.9 Å². The highest BCUT2D eigenvalue weighted by molar-refractivity contribution is 6.06. The van der Waals surface area contributed by atoms with Gasteiger partial charge in [0.1, 0.15) is 17.8 Å². The van der Waals surface area contributed by atoms with Crippen molar-refractivity contribution in [2.75, 3.05) is 5.73 Å². The first kappa shape index (κ1) is 16.1. The van der Waals surface area contributed by atoms with E-state index >= 15 is 0 Å². The molecular weight excluding hydrogens is 328 g/mol. The summed E-state index contributed by atoms with van der Waals surface area (Å²) in [5.74, 6) is -0.499. The Morgan fingerprint density at radius 2 is 2.00 bits per heavy atom. The molecule has 0 unspecified atom stereocenters. The fourth-order valence-electron chi connectivity index (χ4n) is 3.36. The van der Waals surface area contributed by atoms with Crippen LogP contribution in [0.4, 0.5) is 5.82 Å². The number of nitrogens with zero attached hydrogens (tertiary/aromatic N) is 3. The summed E-state index contributed by atoms with van der Waals surface area (Å²) in [6, 6.07) is 11.2. The number of anilines is 1. The van der Waals surface area contributed by atoms with Gasteiger partial charge < -0.3 is 15.4 Å². The van der Waals surface area contributed by atoms with E-state index in [1.807, 2.05) is 30.5 Å². The molecule has 4 aromatic rings. The minimum Gasteiger partial charge on any atom is -0.478 e. The Kier molecular flexibility index (Phi) is 3.61. The predicted octanol–water partition coefficient (Wildman–Crippen LogP) is 4.11. The summed E-state index contributed by atoms with van der Waals surface area (Å²) in [6.07, 6.45) is 3.50. The highest BCUT2D eigenvalue weighted by atomic mass is 16.4. The van der Waals surface area contributed by atoms with Crippen LogP contribution in [0.1, 0.15) is 30.2 Å². The first-order chi connectivity index (χ1) is 12.5. The maximum absolute atomic E-state index is 11.4. The first-order valence-corrected chi connectivity index (χ1v) is 8.35. The Morgan fingerprint density at radius 1 is 1.19 bits per heavy atom. The van der Waals surface area contributed by atoms with Crippen LogP contribution in [0.2, 0.25) is 0 Å². The number of aromatic nitrogens is 3. The van der Waals surface area contributed by atoms with E-state index in [2.05, 4.69) is 28.4 Å². The van der Waals surface area contributed by atoms with Crippen molar-refractivity contribution < 1.29 is 9.90 Å². The van der Waals surface area contributed by atoms with Crippen LogP contribution >= 0.6 is 0 Å². The topological polar surface area (TPSA) is 94.0 Å². The van der Waals surface area contributed by atoms with Crippen LogP contribution in [-0.4, -0.2) is 25.6 Å². The van der Waals surface area contributed by atoms with Crippen molar-refractivity contribution in [1.29, 1.82) is 0 Å². The fraction of sp³-hybridized carbons (Fsp3) is 0.150. The van der Waals surface area contributed by atoms with E-state index in [0.717, 1.165) is 27.5 Å². The van der Waals surface area contributed by atoms with E-state index < -0.39 is 5.97 Å². The summed E-state index contributed by atoms with van der Waals surface area (Å²) in [4.78, 5) is 20.0. The van der Waals surface area contributed by atoms with Gasteiger partial charge in [-0.25, -0.2) is 14.8 Å². The second kappa shape index (κ2) is 5.84. The monoisotopic (exact) mass is 346 g/mol. The molecule has 0 saturated heterocycles. The SMILES string of the molecule is CC(C)n1cc(-c2ccc3c(C(=O)O)cccc3c2)c2c(N)ncnc21. The van der Waals surface area contributed by atoms with E-state index in [1.54, 1.807) is 12.1 Å². The normalized spacial score (nSPS) is 11.5. The molecule has 0 aliphatic heterocycles. The Bertz CT molecular complexity index is 1160. The zero-order valence-corrected chi connectivity index (χ0v) is 14.5. The standard InChI is InChI=1S/C20H18N4O2/c1-11(2)24-9-16(17-18(21)22-10-23-19(17)24)13-6-7-14-12(8-13)4-3-5-15(14)20(25)26/h3-11H,1-2H3,(H,25,26)(H2,21,22,23). The van der Waals surface area contributed by atoms with Gasteiger partial charge in [-0.05, 0) is 42.3 Å². The minimum absolute atomic E-state index is 0.222. The van der Waals surface area contributed by atoms with Crippen LogP contribution in [0.25, 0.3) is 32.9 Å². The molecular formula is C20H18N4O2. The molecule has 3 N–H and O–H groups in total. The number of nitrogens with two attached hydrogens (primary N) is 1. The predicted molar refractivity (Wildman–Crippen MR) is 102 cm³/mol. The molecule has 0 fully saturated rings. The molecule has 2 aromatic carbocycles. The van der Waals surface area contributed by atoms with Gasteiger partial charge in [0.25, 0.3) is 0 Å². The minimum atomic E-state index is -0.933. The molecule has 0 radical (unpaired) electrons. The van der Waals surface area contributed by atoms with Crippen molar-refractivity contribution in [3.8, 4) is 11.1 Å². The Labute approximate surface area is 149 Å². The van der Waals surface area contributed by atoms with Crippen LogP contribution in [0.5, 0.6) is 0 Å². The molecule has 6 nitrogen and oxygen atoms in total. The maximum atomic E-state index is 11.4. The van der Waals surface area contributed by atoms with Gasteiger partial charge in [-0.15, -0.1) is 0 Å². The van der Waals surface area contributed by atoms with Crippen molar-refractivity contribution in [3.63, 3.8) is 0 Å². The lowest BCUT2D eigenvalue weighted by Gasteiger charge is -2.07. The van der Waals surface area contributed by atoms with E-state index in [-0.39, 0.29) is 6.04 Å². The number of hydrogen-bond acceptors (Lipinski definition) is 4. The average molecular weight is 346 g/mol. The summed E-state index contributed by atoms with van der Waals surface area (Å²) in [7, 11) is 0. The molecule has 2 aromatic heterocycles. The van der Waals surface area contributed by atoms with E-state index in [4.69, 9.17) is 5.73 Å². The molecule has 26 heavy (non-hydrogen) atoms. The largest absolute Gasteiger partial charge is 0.478 e. The van der Waals surface area contributed by atoms with Gasteiger partial charge in [-0.2, -0.15) is 0 Å². The van der Waals surface area contributed by atoms with Crippen LogP contribution in [0, 0.1) is 0 Å². The lowest BCUT2D eigenvalue weighted by atomic mass is 9.98. The molecule has 0 aliphatic rings. The highest BCUT2D eigenvalue weighted by Gasteiger charge is 2.17. The van der Waals surface area contributed by atoms with Crippen molar-refractivity contribution in [1.82, 2.24) is 14.5 Å². The molecule has 0 bridgehead atoms. The summed E-state index contributed by atoms with van der Waals surface area (Å²) in [5.41, 5.74) is 9.12. The third kappa shape index (κ3) is 2.38. The molecule has 0 saturated carbocycles. The second-order valence-electron chi connectivity index (χ2n) is 6.55. The van der Waals surface area contributed by atoms with Crippen molar-refractivity contribution in [3.05, 3.63) is 54.5 Å². The van der Waals surface area contributed by atoms with Crippen LogP contribution in [0.15, 0.2) is 48.9 Å². The van der Waals surface area contributed by atoms with Gasteiger partial charge in [-0.1, -0.05) is 24.3 Å². The summed E-state index contributed by atoms with van der Waals surface area (Å²) in [5, 5.41) is 11.8. The smallest absolute Gasteiger partial charge is 0.336 e. The molecule has 0 aliphatic carbocycles. The van der Waals surface area contributed by atoms with Gasteiger partial charge in [0, 0.05) is 17.8 Å². The van der Waals surface area contributed by atoms with Gasteiger partial charge in [-0.3, -0.25) is 0 Å². The van der Waals surface area contributed by atoms with Gasteiger partial charge in [0.2, 0.25) is 0 Å². The van der Waals surface area contributed by atoms with Crippen molar-refractivity contribution in [2.24, 2.45) is 0 Å². The average Bonchev–Trinajstić information content (AvgIpc) is 3.02. The number of rotatable bonds is 3. The van der Waals surface area contributed by atoms with E-state index in [9.17, 15) is 9.90 Å². The fourth-order valence-corrected chi connectivity index (χ4v) is 3.36. The zero-order chi connectivity index (χ0) is 18.4. The third-order valence-corrected chi connectivity index (χ3v) is 4.62. The number of aromatic carboxylic acids is 1. The Balaban J connectivity index is 2.00. The van der Waals surface area contributed by atoms with Gasteiger partial charge in [0.05, 0.1) is 10.9 Å². The van der Waals surface area contributed by atoms with Crippen LogP contribution < -0.4 is 5.73 Å². The van der Waals surface area contributed by atoms with Gasteiger partial charge in [0.15, 0.2) is 0 Å². The van der Waals surface area contributed by atoms with Crippen LogP contribution in [0.3, 0.4) is 0 Å². The van der Waals surface area contributed by atoms with Crippen LogP contribution in [-0.2, 0) is 0 Å². The summed E-state index contributed by atoms with van der Waals surface area (Å²) in [6.45, 7) is 4.17. The molecule has 130 valence electrons. The number of hydrogen-bond donors (Lipinski definition) is 2.